The van der Waals surface area contributed by atoms with E-state index in [2.05, 4.69) is 10.5 Å². The summed E-state index contributed by atoms with van der Waals surface area (Å²) in [5, 5.41) is 11.8. The molecule has 3 heteroatoms. The second-order valence-corrected chi connectivity index (χ2v) is 2.50. The Bertz CT molecular complexity index is 151. The van der Waals surface area contributed by atoms with Crippen LogP contribution in [0.1, 0.15) is 25.7 Å². The topological polar surface area (TPSA) is 48.2 Å². The van der Waals surface area contributed by atoms with E-state index in [1.807, 2.05) is 6.07 Å². The first-order valence-electron chi connectivity index (χ1n) is 3.60. The minimum absolute atomic E-state index is 0.518. The Hall–Kier alpha value is -1.04. The largest absolute Gasteiger partial charge is 0.306 e. The van der Waals surface area contributed by atoms with Crippen LogP contribution in [0.2, 0.25) is 0 Å². The van der Waals surface area contributed by atoms with Crippen molar-refractivity contribution >= 4 is 6.21 Å². The number of nitriles is 1. The second kappa shape index (κ2) is 3.89. The Morgan fingerprint density at radius 3 is 2.80 bits per heavy atom. The first kappa shape index (κ1) is 7.07. The quantitative estimate of drug-likeness (QED) is 0.456. The van der Waals surface area contributed by atoms with Gasteiger partial charge in [0.05, 0.1) is 0 Å². The summed E-state index contributed by atoms with van der Waals surface area (Å²) < 4.78 is 0. The van der Waals surface area contributed by atoms with Gasteiger partial charge in [0.2, 0.25) is 0 Å². The molecule has 10 heavy (non-hydrogen) atoms. The van der Waals surface area contributed by atoms with Crippen molar-refractivity contribution < 1.29 is 0 Å². The average molecular weight is 137 g/mol. The smallest absolute Gasteiger partial charge is 0.124 e. The molecule has 1 rings (SSSR count). The molecule has 1 saturated carbocycles. The fourth-order valence-corrected chi connectivity index (χ4v) is 1.23. The molecular weight excluding hydrogens is 126 g/mol. The molecule has 0 aromatic rings. The molecule has 1 fully saturated rings. The second-order valence-electron chi connectivity index (χ2n) is 2.50. The molecule has 1 N–H and O–H groups in total. The molecule has 0 atom stereocenters. The Balaban J connectivity index is 2.13. The maximum Gasteiger partial charge on any atom is 0.124 e. The molecule has 1 aliphatic carbocycles. The van der Waals surface area contributed by atoms with Crippen molar-refractivity contribution in [2.24, 2.45) is 5.10 Å². The van der Waals surface area contributed by atoms with E-state index in [-0.39, 0.29) is 0 Å². The van der Waals surface area contributed by atoms with Crippen LogP contribution in [0.5, 0.6) is 0 Å². The Labute approximate surface area is 60.7 Å². The lowest BCUT2D eigenvalue weighted by atomic mass is 10.3. The molecule has 0 aromatic carbocycles. The summed E-state index contributed by atoms with van der Waals surface area (Å²) >= 11 is 0. The van der Waals surface area contributed by atoms with Crippen molar-refractivity contribution in [3.05, 3.63) is 0 Å². The SMILES string of the molecule is N#CC=NNC1CCCC1. The molecule has 0 unspecified atom stereocenters. The van der Waals surface area contributed by atoms with Crippen LogP contribution in [0.3, 0.4) is 0 Å². The van der Waals surface area contributed by atoms with Crippen LogP contribution in [0, 0.1) is 11.3 Å². The van der Waals surface area contributed by atoms with Crippen LogP contribution in [-0.4, -0.2) is 12.3 Å². The zero-order valence-corrected chi connectivity index (χ0v) is 5.88. The zero-order valence-electron chi connectivity index (χ0n) is 5.88. The van der Waals surface area contributed by atoms with E-state index in [0.717, 1.165) is 0 Å². The highest BCUT2D eigenvalue weighted by Crippen LogP contribution is 2.17. The van der Waals surface area contributed by atoms with Gasteiger partial charge in [-0.25, -0.2) is 0 Å². The molecule has 0 spiro atoms. The van der Waals surface area contributed by atoms with Crippen molar-refractivity contribution in [3.63, 3.8) is 0 Å². The molecule has 1 aliphatic rings. The van der Waals surface area contributed by atoms with Crippen LogP contribution in [0.4, 0.5) is 0 Å². The van der Waals surface area contributed by atoms with Gasteiger partial charge in [-0.3, -0.25) is 0 Å². The minimum atomic E-state index is 0.518. The maximum absolute atomic E-state index is 8.10. The Kier molecular flexibility index (Phi) is 2.75. The monoisotopic (exact) mass is 137 g/mol. The van der Waals surface area contributed by atoms with E-state index >= 15 is 0 Å². The van der Waals surface area contributed by atoms with Crippen LogP contribution >= 0.6 is 0 Å². The highest BCUT2D eigenvalue weighted by atomic mass is 15.3. The average Bonchev–Trinajstić information content (AvgIpc) is 2.41. The van der Waals surface area contributed by atoms with Crippen molar-refractivity contribution in [3.8, 4) is 6.07 Å². The third-order valence-corrected chi connectivity index (χ3v) is 1.73. The molecule has 0 saturated heterocycles. The summed E-state index contributed by atoms with van der Waals surface area (Å²) in [6, 6.07) is 2.36. The van der Waals surface area contributed by atoms with E-state index in [4.69, 9.17) is 5.26 Å². The summed E-state index contributed by atoms with van der Waals surface area (Å²) in [5.74, 6) is 0. The van der Waals surface area contributed by atoms with Gasteiger partial charge in [0.25, 0.3) is 0 Å². The fourth-order valence-electron chi connectivity index (χ4n) is 1.23. The van der Waals surface area contributed by atoms with Crippen molar-refractivity contribution in [1.29, 1.82) is 5.26 Å². The predicted octanol–water partition coefficient (Wildman–Crippen LogP) is 1.03. The van der Waals surface area contributed by atoms with E-state index in [0.29, 0.717) is 6.04 Å². The van der Waals surface area contributed by atoms with E-state index < -0.39 is 0 Å². The Morgan fingerprint density at radius 2 is 2.20 bits per heavy atom. The number of hydrogen-bond donors (Lipinski definition) is 1. The van der Waals surface area contributed by atoms with Crippen molar-refractivity contribution in [1.82, 2.24) is 5.43 Å². The van der Waals surface area contributed by atoms with Crippen LogP contribution < -0.4 is 5.43 Å². The van der Waals surface area contributed by atoms with Gasteiger partial charge in [-0.05, 0) is 12.8 Å². The van der Waals surface area contributed by atoms with Gasteiger partial charge >= 0.3 is 0 Å². The highest BCUT2D eigenvalue weighted by Gasteiger charge is 2.12. The lowest BCUT2D eigenvalue weighted by Crippen LogP contribution is -2.19. The number of hydrogen-bond acceptors (Lipinski definition) is 3. The van der Waals surface area contributed by atoms with Crippen molar-refractivity contribution in [2.75, 3.05) is 0 Å². The van der Waals surface area contributed by atoms with Gasteiger partial charge in [0, 0.05) is 6.04 Å². The number of nitrogens with zero attached hydrogens (tertiary/aromatic N) is 2. The van der Waals surface area contributed by atoms with Gasteiger partial charge in [0.15, 0.2) is 0 Å². The molecule has 0 bridgehead atoms. The molecule has 0 radical (unpaired) electrons. The first-order chi connectivity index (χ1) is 4.93. The Morgan fingerprint density at radius 1 is 1.50 bits per heavy atom. The predicted molar refractivity (Wildman–Crippen MR) is 39.5 cm³/mol. The molecule has 3 nitrogen and oxygen atoms in total. The summed E-state index contributed by atoms with van der Waals surface area (Å²) in [7, 11) is 0. The third kappa shape index (κ3) is 2.06. The lowest BCUT2D eigenvalue weighted by molar-refractivity contribution is 0.549. The summed E-state index contributed by atoms with van der Waals surface area (Å²) in [5.41, 5.74) is 2.93. The van der Waals surface area contributed by atoms with Gasteiger partial charge in [0.1, 0.15) is 12.3 Å². The van der Waals surface area contributed by atoms with Gasteiger partial charge in [-0.15, -0.1) is 0 Å². The molecular formula is C7H11N3. The van der Waals surface area contributed by atoms with Gasteiger partial charge in [-0.1, -0.05) is 12.8 Å². The molecule has 0 aliphatic heterocycles. The summed E-state index contributed by atoms with van der Waals surface area (Å²) in [6.07, 6.45) is 6.21. The molecule has 54 valence electrons. The maximum atomic E-state index is 8.10. The third-order valence-electron chi connectivity index (χ3n) is 1.73. The fraction of sp³-hybridized carbons (Fsp3) is 0.714. The van der Waals surface area contributed by atoms with Gasteiger partial charge in [-0.2, -0.15) is 10.4 Å². The van der Waals surface area contributed by atoms with E-state index in [9.17, 15) is 0 Å². The van der Waals surface area contributed by atoms with Gasteiger partial charge < -0.3 is 5.43 Å². The molecule has 0 aromatic heterocycles. The first-order valence-corrected chi connectivity index (χ1v) is 3.60. The standard InChI is InChI=1S/C7H11N3/c8-5-6-9-10-7-3-1-2-4-7/h6-7,10H,1-4H2. The highest BCUT2D eigenvalue weighted by molar-refractivity contribution is 5.74. The van der Waals surface area contributed by atoms with Crippen LogP contribution in [0.15, 0.2) is 5.10 Å². The normalized spacial score (nSPS) is 19.5. The number of rotatable bonds is 2. The zero-order chi connectivity index (χ0) is 7.23. The summed E-state index contributed by atoms with van der Waals surface area (Å²) in [4.78, 5) is 0. The van der Waals surface area contributed by atoms with Crippen molar-refractivity contribution in [2.45, 2.75) is 31.7 Å². The minimum Gasteiger partial charge on any atom is -0.306 e. The lowest BCUT2D eigenvalue weighted by Gasteiger charge is -2.05. The number of hydrazone groups is 1. The van der Waals surface area contributed by atoms with Crippen LogP contribution in [0.25, 0.3) is 0 Å². The number of nitrogens with one attached hydrogen (secondary N) is 1. The van der Waals surface area contributed by atoms with E-state index in [1.54, 1.807) is 0 Å². The summed E-state index contributed by atoms with van der Waals surface area (Å²) in [6.45, 7) is 0. The molecule has 0 heterocycles. The molecule has 0 amide bonds. The van der Waals surface area contributed by atoms with Crippen LogP contribution in [-0.2, 0) is 0 Å². The van der Waals surface area contributed by atoms with E-state index in [1.165, 1.54) is 31.9 Å².